The number of aldehydes is 1. The average molecular weight is 350 g/mol. The molecule has 1 aliphatic heterocycles. The van der Waals surface area contributed by atoms with Gasteiger partial charge < -0.3 is 10.2 Å². The lowest BCUT2D eigenvalue weighted by Gasteiger charge is -2.59. The van der Waals surface area contributed by atoms with Gasteiger partial charge in [0, 0.05) is 12.3 Å². The Morgan fingerprint density at radius 1 is 1.24 bits per heavy atom. The minimum absolute atomic E-state index is 0.105. The standard InChI is InChI=1S/C20H30O5/c1-12-14(22)10-16-19(2,3)6-5-7-20(16,4)18(12)15-8-13(11-21)9-17(23)25-24-15/h8,11,14-18,22-23H,1,5-7,9-10H2,2-4H3. The van der Waals surface area contributed by atoms with Crippen LogP contribution in [0.5, 0.6) is 0 Å². The van der Waals surface area contributed by atoms with Gasteiger partial charge in [0.2, 0.25) is 0 Å². The summed E-state index contributed by atoms with van der Waals surface area (Å²) in [4.78, 5) is 21.9. The van der Waals surface area contributed by atoms with E-state index in [0.717, 1.165) is 31.1 Å². The molecule has 0 aromatic carbocycles. The molecule has 1 heterocycles. The Kier molecular flexibility index (Phi) is 4.97. The van der Waals surface area contributed by atoms with Crippen LogP contribution in [0.2, 0.25) is 0 Å². The van der Waals surface area contributed by atoms with Gasteiger partial charge in [0.25, 0.3) is 0 Å². The molecule has 0 amide bonds. The first-order chi connectivity index (χ1) is 11.7. The molecule has 0 spiro atoms. The Morgan fingerprint density at radius 2 is 1.96 bits per heavy atom. The lowest BCUT2D eigenvalue weighted by atomic mass is 9.46. The zero-order chi connectivity index (χ0) is 18.4. The Balaban J connectivity index is 2.02. The van der Waals surface area contributed by atoms with Crippen molar-refractivity contribution in [3.8, 4) is 0 Å². The summed E-state index contributed by atoms with van der Waals surface area (Å²) in [6, 6.07) is 0. The highest BCUT2D eigenvalue weighted by Crippen LogP contribution is 2.62. The first-order valence-corrected chi connectivity index (χ1v) is 9.22. The molecule has 0 bridgehead atoms. The Hall–Kier alpha value is -1.01. The fraction of sp³-hybridized carbons (Fsp3) is 0.750. The number of rotatable bonds is 2. The van der Waals surface area contributed by atoms with Gasteiger partial charge in [-0.25, -0.2) is 9.78 Å². The molecule has 3 aliphatic rings. The molecule has 2 N–H and O–H groups in total. The van der Waals surface area contributed by atoms with E-state index in [4.69, 9.17) is 9.78 Å². The molecular weight excluding hydrogens is 320 g/mol. The van der Waals surface area contributed by atoms with Crippen LogP contribution in [0.15, 0.2) is 23.8 Å². The van der Waals surface area contributed by atoms with Crippen molar-refractivity contribution in [1.29, 1.82) is 0 Å². The number of hydrogen-bond donors (Lipinski definition) is 2. The maximum Gasteiger partial charge on any atom is 0.192 e. The molecule has 0 aromatic heterocycles. The van der Waals surface area contributed by atoms with Gasteiger partial charge in [0.05, 0.1) is 6.10 Å². The van der Waals surface area contributed by atoms with Gasteiger partial charge in [-0.15, -0.1) is 0 Å². The topological polar surface area (TPSA) is 76.0 Å². The molecule has 0 saturated heterocycles. The minimum Gasteiger partial charge on any atom is -0.389 e. The molecule has 2 aliphatic carbocycles. The number of fused-ring (bicyclic) bond motifs is 1. The second-order valence-electron chi connectivity index (χ2n) is 8.88. The van der Waals surface area contributed by atoms with Crippen molar-refractivity contribution in [3.63, 3.8) is 0 Å². The van der Waals surface area contributed by atoms with Gasteiger partial charge in [0.15, 0.2) is 6.29 Å². The summed E-state index contributed by atoms with van der Waals surface area (Å²) >= 11 is 0. The van der Waals surface area contributed by atoms with E-state index in [9.17, 15) is 15.0 Å². The maximum absolute atomic E-state index is 11.3. The summed E-state index contributed by atoms with van der Waals surface area (Å²) in [6.45, 7) is 11.0. The fourth-order valence-corrected chi connectivity index (χ4v) is 5.63. The van der Waals surface area contributed by atoms with Crippen molar-refractivity contribution >= 4 is 6.29 Å². The monoisotopic (exact) mass is 350 g/mol. The summed E-state index contributed by atoms with van der Waals surface area (Å²) in [5.41, 5.74) is 1.21. The number of aliphatic hydroxyl groups excluding tert-OH is 2. The Morgan fingerprint density at radius 3 is 2.64 bits per heavy atom. The zero-order valence-corrected chi connectivity index (χ0v) is 15.4. The second-order valence-corrected chi connectivity index (χ2v) is 8.88. The van der Waals surface area contributed by atoms with E-state index >= 15 is 0 Å². The van der Waals surface area contributed by atoms with Crippen molar-refractivity contribution in [2.75, 3.05) is 0 Å². The van der Waals surface area contributed by atoms with Crippen LogP contribution < -0.4 is 0 Å². The quantitative estimate of drug-likeness (QED) is 0.455. The normalized spacial score (nSPS) is 44.4. The molecule has 0 aromatic rings. The molecule has 2 saturated carbocycles. The highest BCUT2D eigenvalue weighted by molar-refractivity contribution is 5.73. The van der Waals surface area contributed by atoms with E-state index in [2.05, 4.69) is 27.4 Å². The van der Waals surface area contributed by atoms with E-state index in [1.54, 1.807) is 6.08 Å². The number of aliphatic hydroxyl groups is 2. The maximum atomic E-state index is 11.3. The number of hydrogen-bond acceptors (Lipinski definition) is 5. The lowest BCUT2D eigenvalue weighted by molar-refractivity contribution is -0.389. The van der Waals surface area contributed by atoms with Crippen molar-refractivity contribution in [2.24, 2.45) is 22.7 Å². The summed E-state index contributed by atoms with van der Waals surface area (Å²) < 4.78 is 0. The first kappa shape index (κ1) is 18.8. The average Bonchev–Trinajstić information content (AvgIpc) is 2.71. The molecule has 0 radical (unpaired) electrons. The SMILES string of the molecule is C=C1C(O)CC2C(C)(C)CCCC2(C)C1C1C=C(C=O)CC(O)OO1. The van der Waals surface area contributed by atoms with E-state index in [-0.39, 0.29) is 23.2 Å². The van der Waals surface area contributed by atoms with Crippen molar-refractivity contribution in [3.05, 3.63) is 23.8 Å². The molecule has 25 heavy (non-hydrogen) atoms. The Bertz CT molecular complexity index is 581. The zero-order valence-electron chi connectivity index (χ0n) is 15.4. The van der Waals surface area contributed by atoms with Gasteiger partial charge in [-0.1, -0.05) is 33.8 Å². The molecule has 3 rings (SSSR count). The lowest BCUT2D eigenvalue weighted by Crippen LogP contribution is -2.55. The third-order valence-electron chi connectivity index (χ3n) is 6.82. The van der Waals surface area contributed by atoms with Crippen LogP contribution >= 0.6 is 0 Å². The van der Waals surface area contributed by atoms with Crippen LogP contribution in [0.25, 0.3) is 0 Å². The highest BCUT2D eigenvalue weighted by atomic mass is 17.2. The third kappa shape index (κ3) is 3.23. The third-order valence-corrected chi connectivity index (χ3v) is 6.82. The van der Waals surface area contributed by atoms with E-state index in [1.165, 1.54) is 0 Å². The van der Waals surface area contributed by atoms with Crippen LogP contribution in [0.1, 0.15) is 52.9 Å². The highest BCUT2D eigenvalue weighted by Gasteiger charge is 2.57. The largest absolute Gasteiger partial charge is 0.389 e. The van der Waals surface area contributed by atoms with Gasteiger partial charge in [-0.3, -0.25) is 4.79 Å². The molecule has 5 heteroatoms. The molecule has 6 unspecified atom stereocenters. The minimum atomic E-state index is -1.16. The van der Waals surface area contributed by atoms with Crippen molar-refractivity contribution in [1.82, 2.24) is 0 Å². The Labute approximate surface area is 149 Å². The summed E-state index contributed by atoms with van der Waals surface area (Å²) in [7, 11) is 0. The van der Waals surface area contributed by atoms with Gasteiger partial charge in [0.1, 0.15) is 12.4 Å². The molecule has 140 valence electrons. The molecular formula is C20H30O5. The molecule has 2 fully saturated rings. The van der Waals surface area contributed by atoms with Crippen LogP contribution in [0.4, 0.5) is 0 Å². The van der Waals surface area contributed by atoms with Crippen LogP contribution in [0, 0.1) is 22.7 Å². The van der Waals surface area contributed by atoms with E-state index in [0.29, 0.717) is 17.9 Å². The van der Waals surface area contributed by atoms with Gasteiger partial charge in [-0.05, 0) is 53.2 Å². The van der Waals surface area contributed by atoms with E-state index in [1.807, 2.05) is 0 Å². The van der Waals surface area contributed by atoms with E-state index < -0.39 is 18.5 Å². The van der Waals surface area contributed by atoms with Gasteiger partial charge >= 0.3 is 0 Å². The van der Waals surface area contributed by atoms with Crippen LogP contribution in [0.3, 0.4) is 0 Å². The summed E-state index contributed by atoms with van der Waals surface area (Å²) in [6.07, 6.45) is 4.26. The second kappa shape index (κ2) is 6.62. The number of carbonyl (C=O) groups is 1. The summed E-state index contributed by atoms with van der Waals surface area (Å²) in [5.74, 6) is 0.158. The molecule has 6 atom stereocenters. The van der Waals surface area contributed by atoms with Crippen molar-refractivity contribution in [2.45, 2.75) is 71.4 Å². The summed E-state index contributed by atoms with van der Waals surface area (Å²) in [5, 5.41) is 20.5. The first-order valence-electron chi connectivity index (χ1n) is 9.22. The van der Waals surface area contributed by atoms with Crippen molar-refractivity contribution < 1.29 is 24.8 Å². The van der Waals surface area contributed by atoms with Crippen LogP contribution in [-0.4, -0.2) is 35.0 Å². The van der Waals surface area contributed by atoms with Crippen LogP contribution in [-0.2, 0) is 14.6 Å². The molecule has 5 nitrogen and oxygen atoms in total. The predicted octanol–water partition coefficient (Wildman–Crippen LogP) is 2.92. The number of carbonyl (C=O) groups excluding carboxylic acids is 1. The van der Waals surface area contributed by atoms with Gasteiger partial charge in [-0.2, -0.15) is 0 Å². The predicted molar refractivity (Wildman–Crippen MR) is 93.2 cm³/mol. The smallest absolute Gasteiger partial charge is 0.192 e. The fourth-order valence-electron chi connectivity index (χ4n) is 5.63.